The Balaban J connectivity index is 2.25. The van der Waals surface area contributed by atoms with Crippen molar-refractivity contribution in [3.63, 3.8) is 0 Å². The van der Waals surface area contributed by atoms with E-state index >= 15 is 0 Å². The molecule has 18 heavy (non-hydrogen) atoms. The summed E-state index contributed by atoms with van der Waals surface area (Å²) in [4.78, 5) is 13.0. The van der Waals surface area contributed by atoms with Crippen molar-refractivity contribution in [2.75, 3.05) is 37.9 Å². The number of anilines is 2. The molecule has 1 heterocycles. The highest BCUT2D eigenvalue weighted by Crippen LogP contribution is 2.34. The van der Waals surface area contributed by atoms with Gasteiger partial charge in [-0.25, -0.2) is 4.79 Å². The molecule has 0 amide bonds. The summed E-state index contributed by atoms with van der Waals surface area (Å²) < 4.78 is 10.5. The summed E-state index contributed by atoms with van der Waals surface area (Å²) >= 11 is 0. The lowest BCUT2D eigenvalue weighted by Gasteiger charge is -2.49. The number of carbonyl (C=O) groups is 1. The number of rotatable bonds is 4. The van der Waals surface area contributed by atoms with E-state index < -0.39 is 11.8 Å². The zero-order valence-corrected chi connectivity index (χ0v) is 10.3. The third-order valence-corrected chi connectivity index (χ3v) is 3.20. The van der Waals surface area contributed by atoms with E-state index in [9.17, 15) is 4.79 Å². The minimum Gasteiger partial charge on any atom is -0.478 e. The molecular formula is C12H16N2O4. The first-order valence-electron chi connectivity index (χ1n) is 5.49. The molecule has 0 bridgehead atoms. The van der Waals surface area contributed by atoms with Crippen LogP contribution in [0.5, 0.6) is 0 Å². The molecule has 0 aliphatic carbocycles. The average molecular weight is 252 g/mol. The lowest BCUT2D eigenvalue weighted by molar-refractivity contribution is -0.219. The maximum absolute atomic E-state index is 11.1. The lowest BCUT2D eigenvalue weighted by Crippen LogP contribution is -2.64. The first kappa shape index (κ1) is 12.7. The topological polar surface area (TPSA) is 85.0 Å². The number of nitrogens with zero attached hydrogens (tertiary/aromatic N) is 1. The lowest BCUT2D eigenvalue weighted by atomic mass is 10.0. The Kier molecular flexibility index (Phi) is 3.14. The number of benzene rings is 1. The van der Waals surface area contributed by atoms with Crippen LogP contribution in [0.25, 0.3) is 0 Å². The number of carboxylic acids is 1. The van der Waals surface area contributed by atoms with E-state index in [-0.39, 0.29) is 5.56 Å². The number of carboxylic acid groups (broad SMARTS) is 1. The fourth-order valence-electron chi connectivity index (χ4n) is 2.04. The monoisotopic (exact) mass is 252 g/mol. The second-order valence-corrected chi connectivity index (χ2v) is 4.26. The van der Waals surface area contributed by atoms with Gasteiger partial charge in [-0.15, -0.1) is 0 Å². The van der Waals surface area contributed by atoms with Crippen LogP contribution in [-0.2, 0) is 9.47 Å². The molecule has 6 nitrogen and oxygen atoms in total. The molecule has 3 N–H and O–H groups in total. The predicted octanol–water partition coefficient (Wildman–Crippen LogP) is 0.776. The van der Waals surface area contributed by atoms with Gasteiger partial charge >= 0.3 is 5.97 Å². The molecule has 0 radical (unpaired) electrons. The average Bonchev–Trinajstić information content (AvgIpc) is 2.28. The normalized spacial score (nSPS) is 17.3. The SMILES string of the molecule is COC1(OC)CN(c2cc(N)ccc2C(=O)O)C1. The Hall–Kier alpha value is -1.79. The van der Waals surface area contributed by atoms with Gasteiger partial charge in [0.25, 0.3) is 0 Å². The molecule has 0 atom stereocenters. The second kappa shape index (κ2) is 4.47. The quantitative estimate of drug-likeness (QED) is 0.608. The summed E-state index contributed by atoms with van der Waals surface area (Å²) in [5.74, 6) is -1.63. The zero-order chi connectivity index (χ0) is 13.3. The Morgan fingerprint density at radius 1 is 1.39 bits per heavy atom. The van der Waals surface area contributed by atoms with Crippen molar-refractivity contribution >= 4 is 17.3 Å². The molecule has 0 saturated carbocycles. The van der Waals surface area contributed by atoms with E-state index in [0.29, 0.717) is 24.5 Å². The molecule has 1 aliphatic rings. The van der Waals surface area contributed by atoms with Gasteiger partial charge in [-0.05, 0) is 18.2 Å². The molecule has 1 fully saturated rings. The second-order valence-electron chi connectivity index (χ2n) is 4.26. The van der Waals surface area contributed by atoms with Crippen LogP contribution in [0.15, 0.2) is 18.2 Å². The van der Waals surface area contributed by atoms with E-state index in [0.717, 1.165) is 0 Å². The van der Waals surface area contributed by atoms with Crippen molar-refractivity contribution in [1.29, 1.82) is 0 Å². The highest BCUT2D eigenvalue weighted by atomic mass is 16.7. The summed E-state index contributed by atoms with van der Waals surface area (Å²) in [6.07, 6.45) is 0. The van der Waals surface area contributed by atoms with Crippen molar-refractivity contribution < 1.29 is 19.4 Å². The molecule has 1 saturated heterocycles. The molecule has 1 aromatic carbocycles. The molecule has 2 rings (SSSR count). The van der Waals surface area contributed by atoms with Crippen molar-refractivity contribution in [3.8, 4) is 0 Å². The molecule has 1 aliphatic heterocycles. The number of nitrogen functional groups attached to an aromatic ring is 1. The zero-order valence-electron chi connectivity index (χ0n) is 10.3. The fraction of sp³-hybridized carbons (Fsp3) is 0.417. The number of hydrogen-bond acceptors (Lipinski definition) is 5. The number of aromatic carboxylic acids is 1. The van der Waals surface area contributed by atoms with Crippen LogP contribution in [0.3, 0.4) is 0 Å². The molecular weight excluding hydrogens is 236 g/mol. The number of hydrogen-bond donors (Lipinski definition) is 2. The third-order valence-electron chi connectivity index (χ3n) is 3.20. The van der Waals surface area contributed by atoms with Crippen LogP contribution in [0.4, 0.5) is 11.4 Å². The number of nitrogens with two attached hydrogens (primary N) is 1. The van der Waals surface area contributed by atoms with Gasteiger partial charge in [-0.2, -0.15) is 0 Å². The fourth-order valence-corrected chi connectivity index (χ4v) is 2.04. The first-order valence-corrected chi connectivity index (χ1v) is 5.49. The van der Waals surface area contributed by atoms with Crippen molar-refractivity contribution in [2.45, 2.75) is 5.79 Å². The summed E-state index contributed by atoms with van der Waals surface area (Å²) in [5, 5.41) is 9.14. The summed E-state index contributed by atoms with van der Waals surface area (Å²) in [5.41, 5.74) is 7.04. The van der Waals surface area contributed by atoms with E-state index in [1.54, 1.807) is 26.4 Å². The van der Waals surface area contributed by atoms with Gasteiger partial charge in [0.1, 0.15) is 0 Å². The van der Waals surface area contributed by atoms with Crippen molar-refractivity contribution in [1.82, 2.24) is 0 Å². The van der Waals surface area contributed by atoms with Crippen LogP contribution < -0.4 is 10.6 Å². The van der Waals surface area contributed by atoms with Gasteiger partial charge in [0.15, 0.2) is 0 Å². The highest BCUT2D eigenvalue weighted by Gasteiger charge is 2.44. The van der Waals surface area contributed by atoms with Crippen LogP contribution in [0, 0.1) is 0 Å². The highest BCUT2D eigenvalue weighted by molar-refractivity contribution is 5.95. The van der Waals surface area contributed by atoms with E-state index in [4.69, 9.17) is 20.3 Å². The van der Waals surface area contributed by atoms with Crippen molar-refractivity contribution in [3.05, 3.63) is 23.8 Å². The molecule has 0 spiro atoms. The van der Waals surface area contributed by atoms with Crippen LogP contribution in [0.2, 0.25) is 0 Å². The van der Waals surface area contributed by atoms with Crippen LogP contribution in [0.1, 0.15) is 10.4 Å². The maximum atomic E-state index is 11.1. The maximum Gasteiger partial charge on any atom is 0.337 e. The van der Waals surface area contributed by atoms with Gasteiger partial charge in [0.05, 0.1) is 24.3 Å². The first-order chi connectivity index (χ1) is 8.51. The van der Waals surface area contributed by atoms with E-state index in [1.165, 1.54) is 6.07 Å². The predicted molar refractivity (Wildman–Crippen MR) is 66.8 cm³/mol. The molecule has 98 valence electrons. The minimum atomic E-state index is -0.975. The van der Waals surface area contributed by atoms with Crippen molar-refractivity contribution in [2.24, 2.45) is 0 Å². The van der Waals surface area contributed by atoms with Gasteiger partial charge in [-0.3, -0.25) is 0 Å². The summed E-state index contributed by atoms with van der Waals surface area (Å²) in [7, 11) is 3.14. The molecule has 1 aromatic rings. The Labute approximate surface area is 105 Å². The van der Waals surface area contributed by atoms with E-state index in [2.05, 4.69) is 0 Å². The molecule has 6 heteroatoms. The summed E-state index contributed by atoms with van der Waals surface area (Å²) in [6, 6.07) is 4.73. The Morgan fingerprint density at radius 3 is 2.50 bits per heavy atom. The van der Waals surface area contributed by atoms with E-state index in [1.807, 2.05) is 4.90 Å². The Morgan fingerprint density at radius 2 is 2.00 bits per heavy atom. The standard InChI is InChI=1S/C12H16N2O4/c1-17-12(18-2)6-14(7-12)10-5-8(13)3-4-9(10)11(15)16/h3-5H,6-7,13H2,1-2H3,(H,15,16). The largest absolute Gasteiger partial charge is 0.478 e. The van der Waals surface area contributed by atoms with Gasteiger partial charge in [0, 0.05) is 19.9 Å². The van der Waals surface area contributed by atoms with Crippen LogP contribution in [-0.4, -0.2) is 44.2 Å². The Bertz CT molecular complexity index is 463. The van der Waals surface area contributed by atoms with Gasteiger partial charge < -0.3 is 25.2 Å². The molecule has 0 aromatic heterocycles. The number of ether oxygens (including phenoxy) is 2. The third kappa shape index (κ3) is 2.00. The van der Waals surface area contributed by atoms with Crippen LogP contribution >= 0.6 is 0 Å². The van der Waals surface area contributed by atoms with Gasteiger partial charge in [-0.1, -0.05) is 0 Å². The smallest absolute Gasteiger partial charge is 0.337 e. The summed E-state index contributed by atoms with van der Waals surface area (Å²) in [6.45, 7) is 0.952. The molecule has 0 unspecified atom stereocenters. The number of methoxy groups -OCH3 is 2. The van der Waals surface area contributed by atoms with Gasteiger partial charge in [0.2, 0.25) is 5.79 Å². The minimum absolute atomic E-state index is 0.227.